The van der Waals surface area contributed by atoms with Crippen LogP contribution in [0.2, 0.25) is 0 Å². The van der Waals surface area contributed by atoms with Gasteiger partial charge in [-0.25, -0.2) is 0 Å². The summed E-state index contributed by atoms with van der Waals surface area (Å²) in [5.74, 6) is 1.42. The van der Waals surface area contributed by atoms with E-state index in [9.17, 15) is 4.79 Å². The van der Waals surface area contributed by atoms with Crippen molar-refractivity contribution in [3.8, 4) is 11.5 Å². The van der Waals surface area contributed by atoms with Crippen LogP contribution in [0.4, 0.5) is 11.4 Å². The van der Waals surface area contributed by atoms with Gasteiger partial charge in [-0.3, -0.25) is 4.79 Å². The number of hydrogen-bond acceptors (Lipinski definition) is 4. The van der Waals surface area contributed by atoms with Crippen molar-refractivity contribution in [1.29, 1.82) is 0 Å². The second-order valence-corrected chi connectivity index (χ2v) is 5.46. The van der Waals surface area contributed by atoms with Crippen molar-refractivity contribution in [1.82, 2.24) is 0 Å². The molecule has 2 rings (SSSR count). The highest BCUT2D eigenvalue weighted by Gasteiger charge is 2.19. The van der Waals surface area contributed by atoms with Gasteiger partial charge in [-0.15, -0.1) is 0 Å². The fourth-order valence-electron chi connectivity index (χ4n) is 1.88. The lowest BCUT2D eigenvalue weighted by Gasteiger charge is -2.17. The average Bonchev–Trinajstić information content (AvgIpc) is 2.63. The van der Waals surface area contributed by atoms with E-state index < -0.39 is 0 Å². The first kappa shape index (κ1) is 14.5. The summed E-state index contributed by atoms with van der Waals surface area (Å²) in [6.07, 6.45) is 0.834. The Bertz CT molecular complexity index is 500. The molecule has 110 valence electrons. The summed E-state index contributed by atoms with van der Waals surface area (Å²) in [6, 6.07) is 3.44. The number of nitrogens with one attached hydrogen (secondary N) is 1. The number of rotatable bonds is 3. The molecule has 5 heteroatoms. The molecule has 1 aromatic carbocycles. The molecule has 0 radical (unpaired) electrons. The van der Waals surface area contributed by atoms with Crippen LogP contribution in [0.1, 0.15) is 27.2 Å². The molecule has 0 bridgehead atoms. The number of amides is 1. The second kappa shape index (κ2) is 6.03. The number of anilines is 2. The van der Waals surface area contributed by atoms with Crippen LogP contribution < -0.4 is 20.5 Å². The first-order valence-electron chi connectivity index (χ1n) is 6.99. The summed E-state index contributed by atoms with van der Waals surface area (Å²) in [5.41, 5.74) is 7.03. The monoisotopic (exact) mass is 278 g/mol. The molecule has 1 aliphatic heterocycles. The number of hydrogen-bond donors (Lipinski definition) is 2. The van der Waals surface area contributed by atoms with E-state index in [4.69, 9.17) is 15.2 Å². The maximum absolute atomic E-state index is 12.1. The van der Waals surface area contributed by atoms with Crippen LogP contribution in [0.25, 0.3) is 0 Å². The lowest BCUT2D eigenvalue weighted by Crippen LogP contribution is -2.24. The van der Waals surface area contributed by atoms with Gasteiger partial charge in [0.2, 0.25) is 5.91 Å². The van der Waals surface area contributed by atoms with Gasteiger partial charge < -0.3 is 20.5 Å². The van der Waals surface area contributed by atoms with Crippen LogP contribution in [0.5, 0.6) is 11.5 Å². The molecule has 3 N–H and O–H groups in total. The summed E-state index contributed by atoms with van der Waals surface area (Å²) in [4.78, 5) is 12.1. The van der Waals surface area contributed by atoms with E-state index in [-0.39, 0.29) is 17.7 Å². The molecule has 1 aliphatic rings. The van der Waals surface area contributed by atoms with Gasteiger partial charge in [-0.2, -0.15) is 0 Å². The molecular weight excluding hydrogens is 256 g/mol. The molecule has 0 aromatic heterocycles. The minimum Gasteiger partial charge on any atom is -0.489 e. The second-order valence-electron chi connectivity index (χ2n) is 5.46. The van der Waals surface area contributed by atoms with Crippen LogP contribution in [0.3, 0.4) is 0 Å². The molecule has 0 saturated carbocycles. The zero-order valence-electron chi connectivity index (χ0n) is 12.2. The Labute approximate surface area is 119 Å². The Morgan fingerprint density at radius 2 is 1.80 bits per heavy atom. The topological polar surface area (TPSA) is 73.6 Å². The van der Waals surface area contributed by atoms with E-state index in [1.54, 1.807) is 12.1 Å². The van der Waals surface area contributed by atoms with E-state index >= 15 is 0 Å². The highest BCUT2D eigenvalue weighted by molar-refractivity contribution is 5.96. The first-order chi connectivity index (χ1) is 9.49. The smallest absolute Gasteiger partial charge is 0.227 e. The molecular formula is C15H22N2O3. The third kappa shape index (κ3) is 3.15. The summed E-state index contributed by atoms with van der Waals surface area (Å²) in [5, 5.41) is 2.86. The Morgan fingerprint density at radius 1 is 1.20 bits per heavy atom. The quantitative estimate of drug-likeness (QED) is 0.834. The molecule has 1 heterocycles. The lowest BCUT2D eigenvalue weighted by atomic mass is 9.97. The van der Waals surface area contributed by atoms with Crippen molar-refractivity contribution in [2.24, 2.45) is 11.8 Å². The minimum absolute atomic E-state index is 0.0406. The van der Waals surface area contributed by atoms with Crippen molar-refractivity contribution < 1.29 is 14.3 Å². The number of nitrogen functional groups attached to an aromatic ring is 1. The number of fused-ring (bicyclic) bond motifs is 1. The molecule has 1 atom stereocenters. The normalized spacial score (nSPS) is 15.6. The zero-order chi connectivity index (χ0) is 14.7. The SMILES string of the molecule is CC(C)C(C)C(=O)Nc1cc2c(cc1N)OCCCO2. The fourth-order valence-corrected chi connectivity index (χ4v) is 1.88. The molecule has 0 saturated heterocycles. The summed E-state index contributed by atoms with van der Waals surface area (Å²) < 4.78 is 11.2. The summed E-state index contributed by atoms with van der Waals surface area (Å²) >= 11 is 0. The highest BCUT2D eigenvalue weighted by atomic mass is 16.5. The molecule has 1 unspecified atom stereocenters. The maximum atomic E-state index is 12.1. The predicted molar refractivity (Wildman–Crippen MR) is 79.1 cm³/mol. The van der Waals surface area contributed by atoms with Crippen LogP contribution in [0, 0.1) is 11.8 Å². The van der Waals surface area contributed by atoms with Crippen LogP contribution in [-0.4, -0.2) is 19.1 Å². The molecule has 0 fully saturated rings. The third-order valence-electron chi connectivity index (χ3n) is 3.59. The largest absolute Gasteiger partial charge is 0.489 e. The van der Waals surface area contributed by atoms with Gasteiger partial charge in [-0.1, -0.05) is 20.8 Å². The predicted octanol–water partition coefficient (Wildman–Crippen LogP) is 2.66. The van der Waals surface area contributed by atoms with Crippen molar-refractivity contribution >= 4 is 17.3 Å². The van der Waals surface area contributed by atoms with Gasteiger partial charge in [-0.05, 0) is 5.92 Å². The van der Waals surface area contributed by atoms with Gasteiger partial charge in [0.1, 0.15) is 0 Å². The van der Waals surface area contributed by atoms with Gasteiger partial charge in [0, 0.05) is 24.5 Å². The molecule has 0 spiro atoms. The van der Waals surface area contributed by atoms with E-state index in [1.807, 2.05) is 20.8 Å². The van der Waals surface area contributed by atoms with E-state index in [0.717, 1.165) is 6.42 Å². The Balaban J connectivity index is 2.20. The molecule has 1 amide bonds. The number of benzene rings is 1. The zero-order valence-corrected chi connectivity index (χ0v) is 12.2. The number of carbonyl (C=O) groups excluding carboxylic acids is 1. The van der Waals surface area contributed by atoms with Crippen LogP contribution >= 0.6 is 0 Å². The Kier molecular flexibility index (Phi) is 4.37. The maximum Gasteiger partial charge on any atom is 0.227 e. The number of carbonyl (C=O) groups is 1. The number of nitrogens with two attached hydrogens (primary N) is 1. The van der Waals surface area contributed by atoms with Crippen molar-refractivity contribution in [2.75, 3.05) is 24.3 Å². The van der Waals surface area contributed by atoms with Crippen molar-refractivity contribution in [2.45, 2.75) is 27.2 Å². The Hall–Kier alpha value is -1.91. The van der Waals surface area contributed by atoms with Gasteiger partial charge >= 0.3 is 0 Å². The fraction of sp³-hybridized carbons (Fsp3) is 0.533. The summed E-state index contributed by atoms with van der Waals surface area (Å²) in [7, 11) is 0. The highest BCUT2D eigenvalue weighted by Crippen LogP contribution is 2.36. The van der Waals surface area contributed by atoms with Gasteiger partial charge in [0.05, 0.1) is 24.6 Å². The standard InChI is InChI=1S/C15H22N2O3/c1-9(2)10(3)15(18)17-12-8-14-13(7-11(12)16)19-5-4-6-20-14/h7-10H,4-6,16H2,1-3H3,(H,17,18). The first-order valence-corrected chi connectivity index (χ1v) is 6.99. The third-order valence-corrected chi connectivity index (χ3v) is 3.59. The minimum atomic E-state index is -0.0784. The van der Waals surface area contributed by atoms with Gasteiger partial charge in [0.25, 0.3) is 0 Å². The molecule has 1 aromatic rings. The summed E-state index contributed by atoms with van der Waals surface area (Å²) in [6.45, 7) is 7.15. The van der Waals surface area contributed by atoms with Crippen molar-refractivity contribution in [3.63, 3.8) is 0 Å². The molecule has 0 aliphatic carbocycles. The molecule has 20 heavy (non-hydrogen) atoms. The average molecular weight is 278 g/mol. The molecule has 5 nitrogen and oxygen atoms in total. The number of ether oxygens (including phenoxy) is 2. The Morgan fingerprint density at radius 3 is 2.40 bits per heavy atom. The van der Waals surface area contributed by atoms with Crippen molar-refractivity contribution in [3.05, 3.63) is 12.1 Å². The van der Waals surface area contributed by atoms with E-state index in [0.29, 0.717) is 36.1 Å². The van der Waals surface area contributed by atoms with E-state index in [2.05, 4.69) is 5.32 Å². The van der Waals surface area contributed by atoms with Crippen LogP contribution in [-0.2, 0) is 4.79 Å². The van der Waals surface area contributed by atoms with Gasteiger partial charge in [0.15, 0.2) is 11.5 Å². The van der Waals surface area contributed by atoms with Crippen LogP contribution in [0.15, 0.2) is 12.1 Å². The lowest BCUT2D eigenvalue weighted by molar-refractivity contribution is -0.120. The van der Waals surface area contributed by atoms with E-state index in [1.165, 1.54) is 0 Å².